The van der Waals surface area contributed by atoms with E-state index in [2.05, 4.69) is 10.6 Å². The summed E-state index contributed by atoms with van der Waals surface area (Å²) in [6.07, 6.45) is 0. The van der Waals surface area contributed by atoms with Crippen molar-refractivity contribution in [3.63, 3.8) is 0 Å². The highest BCUT2D eigenvalue weighted by atomic mass is 16.5. The van der Waals surface area contributed by atoms with Crippen LogP contribution in [-0.2, 0) is 11.3 Å². The highest BCUT2D eigenvalue weighted by Gasteiger charge is 2.03. The van der Waals surface area contributed by atoms with Gasteiger partial charge in [0.2, 0.25) is 0 Å². The molecule has 1 aromatic carbocycles. The minimum Gasteiger partial charge on any atom is -0.493 e. The van der Waals surface area contributed by atoms with Crippen LogP contribution < -0.4 is 20.1 Å². The second-order valence-corrected chi connectivity index (χ2v) is 4.11. The van der Waals surface area contributed by atoms with Gasteiger partial charge in [0.05, 0.1) is 20.8 Å². The van der Waals surface area contributed by atoms with E-state index < -0.39 is 0 Å². The number of hydrogen-bond donors (Lipinski definition) is 2. The van der Waals surface area contributed by atoms with Crippen molar-refractivity contribution in [2.24, 2.45) is 0 Å². The van der Waals surface area contributed by atoms with E-state index in [1.807, 2.05) is 18.2 Å². The quantitative estimate of drug-likeness (QED) is 0.621. The largest absolute Gasteiger partial charge is 0.493 e. The molecule has 0 bridgehead atoms. The van der Waals surface area contributed by atoms with Crippen molar-refractivity contribution in [2.45, 2.75) is 6.54 Å². The average molecular weight is 268 g/mol. The van der Waals surface area contributed by atoms with Crippen molar-refractivity contribution in [1.29, 1.82) is 0 Å². The molecule has 2 N–H and O–H groups in total. The van der Waals surface area contributed by atoms with Crippen molar-refractivity contribution in [3.05, 3.63) is 23.8 Å². The fourth-order valence-electron chi connectivity index (χ4n) is 1.70. The van der Waals surface area contributed by atoms with Crippen LogP contribution in [0.4, 0.5) is 0 Å². The maximum atomic E-state index is 5.27. The Morgan fingerprint density at radius 2 is 1.63 bits per heavy atom. The Morgan fingerprint density at radius 1 is 0.895 bits per heavy atom. The lowest BCUT2D eigenvalue weighted by Gasteiger charge is -2.10. The molecule has 19 heavy (non-hydrogen) atoms. The number of hydrogen-bond acceptors (Lipinski definition) is 5. The molecule has 5 nitrogen and oxygen atoms in total. The first-order valence-electron chi connectivity index (χ1n) is 6.43. The molecule has 0 spiro atoms. The third-order valence-corrected chi connectivity index (χ3v) is 2.74. The van der Waals surface area contributed by atoms with Crippen molar-refractivity contribution >= 4 is 0 Å². The third-order valence-electron chi connectivity index (χ3n) is 2.74. The second kappa shape index (κ2) is 9.61. The first-order valence-corrected chi connectivity index (χ1v) is 6.43. The van der Waals surface area contributed by atoms with Gasteiger partial charge >= 0.3 is 0 Å². The second-order valence-electron chi connectivity index (χ2n) is 4.11. The summed E-state index contributed by atoms with van der Waals surface area (Å²) >= 11 is 0. The van der Waals surface area contributed by atoms with Gasteiger partial charge in [-0.2, -0.15) is 0 Å². The Hall–Kier alpha value is -1.30. The summed E-state index contributed by atoms with van der Waals surface area (Å²) in [5.41, 5.74) is 1.18. The zero-order valence-electron chi connectivity index (χ0n) is 12.0. The lowest BCUT2D eigenvalue weighted by Crippen LogP contribution is -2.29. The molecule has 0 saturated carbocycles. The molecule has 0 atom stereocenters. The monoisotopic (exact) mass is 268 g/mol. The van der Waals surface area contributed by atoms with Gasteiger partial charge < -0.3 is 24.8 Å². The Balaban J connectivity index is 2.26. The van der Waals surface area contributed by atoms with Gasteiger partial charge in [-0.05, 0) is 17.7 Å². The van der Waals surface area contributed by atoms with Gasteiger partial charge in [0.1, 0.15) is 0 Å². The molecule has 0 heterocycles. The average Bonchev–Trinajstić information content (AvgIpc) is 2.46. The summed E-state index contributed by atoms with van der Waals surface area (Å²) in [7, 11) is 4.99. The van der Waals surface area contributed by atoms with Gasteiger partial charge in [-0.25, -0.2) is 0 Å². The molecule has 0 radical (unpaired) electrons. The summed E-state index contributed by atoms with van der Waals surface area (Å²) < 4.78 is 15.4. The van der Waals surface area contributed by atoms with Crippen LogP contribution in [0.25, 0.3) is 0 Å². The first-order chi connectivity index (χ1) is 9.31. The molecule has 5 heteroatoms. The maximum Gasteiger partial charge on any atom is 0.161 e. The zero-order chi connectivity index (χ0) is 13.9. The molecule has 0 unspecified atom stereocenters. The molecule has 0 amide bonds. The minimum atomic E-state index is 0.746. The summed E-state index contributed by atoms with van der Waals surface area (Å²) in [6, 6.07) is 5.95. The Morgan fingerprint density at radius 3 is 2.32 bits per heavy atom. The van der Waals surface area contributed by atoms with E-state index in [0.717, 1.165) is 44.3 Å². The predicted molar refractivity (Wildman–Crippen MR) is 76.0 cm³/mol. The maximum absolute atomic E-state index is 5.27. The highest BCUT2D eigenvalue weighted by molar-refractivity contribution is 5.42. The summed E-state index contributed by atoms with van der Waals surface area (Å²) in [5, 5.41) is 6.65. The van der Waals surface area contributed by atoms with E-state index in [1.165, 1.54) is 5.56 Å². The van der Waals surface area contributed by atoms with E-state index in [4.69, 9.17) is 14.2 Å². The molecule has 0 aliphatic carbocycles. The summed E-state index contributed by atoms with van der Waals surface area (Å²) in [4.78, 5) is 0. The van der Waals surface area contributed by atoms with Gasteiger partial charge in [0.25, 0.3) is 0 Å². The van der Waals surface area contributed by atoms with Crippen molar-refractivity contribution < 1.29 is 14.2 Å². The molecule has 1 rings (SSSR count). The normalized spacial score (nSPS) is 10.5. The van der Waals surface area contributed by atoms with Crippen LogP contribution in [0.5, 0.6) is 11.5 Å². The minimum absolute atomic E-state index is 0.746. The molecular formula is C14H24N2O3. The van der Waals surface area contributed by atoms with Crippen molar-refractivity contribution in [1.82, 2.24) is 10.6 Å². The Labute approximate surface area is 115 Å². The molecule has 0 aromatic heterocycles. The van der Waals surface area contributed by atoms with Crippen molar-refractivity contribution in [3.8, 4) is 11.5 Å². The molecule has 0 saturated heterocycles. The SMILES string of the molecule is COCCNCCNCc1ccc(OC)c(OC)c1. The van der Waals surface area contributed by atoms with Gasteiger partial charge in [0, 0.05) is 33.3 Å². The van der Waals surface area contributed by atoms with Crippen LogP contribution in [0.3, 0.4) is 0 Å². The van der Waals surface area contributed by atoms with Crippen LogP contribution >= 0.6 is 0 Å². The van der Waals surface area contributed by atoms with Crippen LogP contribution in [0.15, 0.2) is 18.2 Å². The first kappa shape index (κ1) is 15.8. The number of rotatable bonds is 10. The number of benzene rings is 1. The summed E-state index contributed by atoms with van der Waals surface area (Å²) in [6.45, 7) is 4.28. The number of nitrogens with one attached hydrogen (secondary N) is 2. The molecule has 108 valence electrons. The van der Waals surface area contributed by atoms with Crippen LogP contribution in [-0.4, -0.2) is 47.6 Å². The molecule has 0 fully saturated rings. The fraction of sp³-hybridized carbons (Fsp3) is 0.571. The predicted octanol–water partition coefficient (Wildman–Crippen LogP) is 1.03. The van der Waals surface area contributed by atoms with Gasteiger partial charge in [-0.1, -0.05) is 6.07 Å². The molecule has 0 aliphatic rings. The molecular weight excluding hydrogens is 244 g/mol. The topological polar surface area (TPSA) is 51.8 Å². The lowest BCUT2D eigenvalue weighted by molar-refractivity contribution is 0.199. The van der Waals surface area contributed by atoms with Crippen molar-refractivity contribution in [2.75, 3.05) is 47.6 Å². The van der Waals surface area contributed by atoms with E-state index in [0.29, 0.717) is 0 Å². The van der Waals surface area contributed by atoms with Crippen LogP contribution in [0.2, 0.25) is 0 Å². The van der Waals surface area contributed by atoms with E-state index in [9.17, 15) is 0 Å². The highest BCUT2D eigenvalue weighted by Crippen LogP contribution is 2.27. The van der Waals surface area contributed by atoms with Gasteiger partial charge in [-0.15, -0.1) is 0 Å². The van der Waals surface area contributed by atoms with E-state index in [1.54, 1.807) is 21.3 Å². The third kappa shape index (κ3) is 5.92. The number of ether oxygens (including phenoxy) is 3. The zero-order valence-corrected chi connectivity index (χ0v) is 12.0. The molecule has 1 aromatic rings. The van der Waals surface area contributed by atoms with Crippen LogP contribution in [0.1, 0.15) is 5.56 Å². The standard InChI is InChI=1S/C14H24N2O3/c1-17-9-8-15-6-7-16-11-12-4-5-13(18-2)14(10-12)19-3/h4-5,10,15-16H,6-9,11H2,1-3H3. The fourth-order valence-corrected chi connectivity index (χ4v) is 1.70. The van der Waals surface area contributed by atoms with Crippen LogP contribution in [0, 0.1) is 0 Å². The van der Waals surface area contributed by atoms with E-state index >= 15 is 0 Å². The lowest BCUT2D eigenvalue weighted by atomic mass is 10.2. The smallest absolute Gasteiger partial charge is 0.161 e. The summed E-state index contributed by atoms with van der Waals surface area (Å²) in [5.74, 6) is 1.52. The molecule has 0 aliphatic heterocycles. The Bertz CT molecular complexity index is 359. The van der Waals surface area contributed by atoms with Gasteiger partial charge in [0.15, 0.2) is 11.5 Å². The Kier molecular flexibility index (Phi) is 7.97. The van der Waals surface area contributed by atoms with E-state index in [-0.39, 0.29) is 0 Å². The number of methoxy groups -OCH3 is 3. The van der Waals surface area contributed by atoms with Gasteiger partial charge in [-0.3, -0.25) is 0 Å².